The Bertz CT molecular complexity index is 848. The van der Waals surface area contributed by atoms with Gasteiger partial charge in [0.15, 0.2) is 0 Å². The third-order valence-corrected chi connectivity index (χ3v) is 5.88. The van der Waals surface area contributed by atoms with Crippen molar-refractivity contribution >= 4 is 17.5 Å². The summed E-state index contributed by atoms with van der Waals surface area (Å²) in [5.74, 6) is -1.24. The van der Waals surface area contributed by atoms with Gasteiger partial charge in [-0.3, -0.25) is 14.6 Å². The molecule has 0 radical (unpaired) electrons. The highest BCUT2D eigenvalue weighted by Gasteiger charge is 2.30. The molecule has 8 nitrogen and oxygen atoms in total. The Hall–Kier alpha value is -2.97. The molecular formula is C23H34N6O2+2. The van der Waals surface area contributed by atoms with Crippen LogP contribution in [0.4, 0.5) is 5.69 Å². The fraction of sp³-hybridized carbons (Fsp3) is 0.435. The minimum absolute atomic E-state index is 0.108. The van der Waals surface area contributed by atoms with Crippen LogP contribution >= 0.6 is 0 Å². The Balaban J connectivity index is 1.62. The van der Waals surface area contributed by atoms with E-state index in [1.54, 1.807) is 6.20 Å². The highest BCUT2D eigenvalue weighted by molar-refractivity contribution is 6.35. The molecule has 2 aromatic rings. The fourth-order valence-corrected chi connectivity index (χ4v) is 3.88. The molecule has 1 fully saturated rings. The summed E-state index contributed by atoms with van der Waals surface area (Å²) < 4.78 is 0. The maximum atomic E-state index is 12.4. The monoisotopic (exact) mass is 426 g/mol. The number of likely N-dealkylation sites (N-methyl/N-ethyl adjacent to an activating group) is 1. The summed E-state index contributed by atoms with van der Waals surface area (Å²) in [7, 11) is 6.25. The van der Waals surface area contributed by atoms with E-state index in [9.17, 15) is 9.59 Å². The Labute approximate surface area is 184 Å². The molecule has 1 aliphatic rings. The van der Waals surface area contributed by atoms with E-state index in [0.29, 0.717) is 12.2 Å². The Kier molecular flexibility index (Phi) is 7.97. The number of aromatic nitrogens is 1. The van der Waals surface area contributed by atoms with Crippen molar-refractivity contribution in [2.45, 2.75) is 12.6 Å². The van der Waals surface area contributed by atoms with Gasteiger partial charge in [0.05, 0.1) is 25.8 Å². The van der Waals surface area contributed by atoms with Gasteiger partial charge in [0.25, 0.3) is 0 Å². The average Bonchev–Trinajstić information content (AvgIpc) is 2.79. The van der Waals surface area contributed by atoms with Crippen LogP contribution in [0, 0.1) is 0 Å². The number of rotatable bonds is 7. The quantitative estimate of drug-likeness (QED) is 0.388. The van der Waals surface area contributed by atoms with Crippen LogP contribution in [0.1, 0.15) is 17.3 Å². The Morgan fingerprint density at radius 1 is 1.00 bits per heavy atom. The Morgan fingerprint density at radius 3 is 2.29 bits per heavy atom. The minimum Gasteiger partial charge on any atom is -0.378 e. The van der Waals surface area contributed by atoms with Crippen molar-refractivity contribution in [1.82, 2.24) is 15.6 Å². The van der Waals surface area contributed by atoms with Gasteiger partial charge in [-0.15, -0.1) is 0 Å². The van der Waals surface area contributed by atoms with E-state index in [0.717, 1.165) is 31.9 Å². The van der Waals surface area contributed by atoms with Crippen molar-refractivity contribution in [1.29, 1.82) is 0 Å². The molecule has 2 heterocycles. The Morgan fingerprint density at radius 2 is 1.68 bits per heavy atom. The molecule has 8 heteroatoms. The summed E-state index contributed by atoms with van der Waals surface area (Å²) in [5.41, 5.74) is 3.03. The van der Waals surface area contributed by atoms with Crippen LogP contribution in [0.2, 0.25) is 0 Å². The van der Waals surface area contributed by atoms with Crippen LogP contribution in [-0.4, -0.2) is 70.7 Å². The van der Waals surface area contributed by atoms with Crippen LogP contribution in [0.15, 0.2) is 48.7 Å². The molecule has 0 spiro atoms. The summed E-state index contributed by atoms with van der Waals surface area (Å²) >= 11 is 0. The zero-order valence-corrected chi connectivity index (χ0v) is 18.6. The number of nitrogens with one attached hydrogen (secondary N) is 4. The van der Waals surface area contributed by atoms with Crippen LogP contribution in [-0.2, 0) is 16.1 Å². The largest absolute Gasteiger partial charge is 0.378 e. The van der Waals surface area contributed by atoms with Crippen molar-refractivity contribution in [3.63, 3.8) is 0 Å². The summed E-state index contributed by atoms with van der Waals surface area (Å²) in [6, 6.07) is 14.0. The number of hydrogen-bond donors (Lipinski definition) is 4. The maximum Gasteiger partial charge on any atom is 0.309 e. The van der Waals surface area contributed by atoms with Gasteiger partial charge in [-0.25, -0.2) is 0 Å². The summed E-state index contributed by atoms with van der Waals surface area (Å²) in [5, 5.41) is 5.49. The predicted octanol–water partition coefficient (Wildman–Crippen LogP) is -1.97. The molecule has 0 unspecified atom stereocenters. The summed E-state index contributed by atoms with van der Waals surface area (Å²) in [6.07, 6.45) is 1.66. The normalized spacial score (nSPS) is 19.3. The molecule has 31 heavy (non-hydrogen) atoms. The lowest BCUT2D eigenvalue weighted by atomic mass is 10.0. The van der Waals surface area contributed by atoms with Gasteiger partial charge in [-0.1, -0.05) is 18.2 Å². The third-order valence-electron chi connectivity index (χ3n) is 5.88. The molecule has 1 aromatic carbocycles. The van der Waals surface area contributed by atoms with Crippen molar-refractivity contribution in [2.75, 3.05) is 58.8 Å². The van der Waals surface area contributed by atoms with E-state index in [4.69, 9.17) is 0 Å². The fourth-order valence-electron chi connectivity index (χ4n) is 3.88. The highest BCUT2D eigenvalue weighted by Crippen LogP contribution is 2.16. The lowest BCUT2D eigenvalue weighted by Gasteiger charge is -2.33. The van der Waals surface area contributed by atoms with Crippen LogP contribution in [0.5, 0.6) is 0 Å². The zero-order chi connectivity index (χ0) is 22.2. The number of carbonyl (C=O) groups is 2. The second-order valence-electron chi connectivity index (χ2n) is 8.37. The van der Waals surface area contributed by atoms with E-state index in [-0.39, 0.29) is 12.6 Å². The van der Waals surface area contributed by atoms with Crippen LogP contribution in [0.3, 0.4) is 0 Å². The first-order valence-corrected chi connectivity index (χ1v) is 10.8. The minimum atomic E-state index is -0.634. The average molecular weight is 427 g/mol. The molecule has 0 saturated carbocycles. The molecule has 3 rings (SSSR count). The second kappa shape index (κ2) is 10.9. The molecule has 1 saturated heterocycles. The van der Waals surface area contributed by atoms with Crippen molar-refractivity contribution < 1.29 is 19.4 Å². The molecule has 1 aliphatic heterocycles. The first-order chi connectivity index (χ1) is 14.9. The maximum absolute atomic E-state index is 12.4. The van der Waals surface area contributed by atoms with Crippen molar-refractivity contribution in [3.8, 4) is 0 Å². The van der Waals surface area contributed by atoms with Crippen LogP contribution in [0.25, 0.3) is 0 Å². The van der Waals surface area contributed by atoms with Crippen LogP contribution < -0.4 is 25.3 Å². The van der Waals surface area contributed by atoms with E-state index < -0.39 is 11.8 Å². The molecule has 4 N–H and O–H groups in total. The molecule has 1 aromatic heterocycles. The van der Waals surface area contributed by atoms with Gasteiger partial charge < -0.3 is 25.3 Å². The van der Waals surface area contributed by atoms with Crippen molar-refractivity contribution in [2.24, 2.45) is 0 Å². The first-order valence-electron chi connectivity index (χ1n) is 10.8. The van der Waals surface area contributed by atoms with Crippen molar-refractivity contribution in [3.05, 3.63) is 59.9 Å². The SMILES string of the molecule is CN(C)c1ccc([C@@H](CNC(=O)C(=O)NCc2ccccn2)[NH+]2CC[NH+](C)CC2)cc1. The summed E-state index contributed by atoms with van der Waals surface area (Å²) in [4.78, 5) is 33.8. The molecule has 166 valence electrons. The number of hydrogen-bond acceptors (Lipinski definition) is 4. The van der Waals surface area contributed by atoms with Gasteiger partial charge in [-0.2, -0.15) is 0 Å². The number of carbonyl (C=O) groups excluding carboxylic acids is 2. The van der Waals surface area contributed by atoms with E-state index >= 15 is 0 Å². The molecule has 1 atom stereocenters. The molecule has 2 amide bonds. The number of amides is 2. The van der Waals surface area contributed by atoms with Gasteiger partial charge >= 0.3 is 11.8 Å². The molecule has 0 aliphatic carbocycles. The number of anilines is 1. The second-order valence-corrected chi connectivity index (χ2v) is 8.37. The van der Waals surface area contributed by atoms with Gasteiger partial charge in [0, 0.05) is 31.5 Å². The number of nitrogens with zero attached hydrogens (tertiary/aromatic N) is 2. The summed E-state index contributed by atoms with van der Waals surface area (Å²) in [6.45, 7) is 4.92. The third kappa shape index (κ3) is 6.50. The number of pyridine rings is 1. The molecular weight excluding hydrogens is 392 g/mol. The first kappa shape index (κ1) is 22.7. The highest BCUT2D eigenvalue weighted by atomic mass is 16.2. The van der Waals surface area contributed by atoms with Gasteiger partial charge in [0.1, 0.15) is 32.2 Å². The topological polar surface area (TPSA) is 83.2 Å². The van der Waals surface area contributed by atoms with Gasteiger partial charge in [0.2, 0.25) is 0 Å². The number of quaternary nitrogens is 2. The standard InChI is InChI=1S/C23H32N6O2/c1-27(2)20-9-7-18(8-10-20)21(29-14-12-28(3)13-15-29)17-26-23(31)22(30)25-16-19-6-4-5-11-24-19/h4-11,21H,12-17H2,1-3H3,(H,25,30)(H,26,31)/p+2/t21-/m1/s1. The number of benzene rings is 1. The lowest BCUT2D eigenvalue weighted by Crippen LogP contribution is -3.27. The van der Waals surface area contributed by atoms with E-state index in [1.807, 2.05) is 32.3 Å². The number of piperazine rings is 1. The van der Waals surface area contributed by atoms with E-state index in [1.165, 1.54) is 15.4 Å². The smallest absolute Gasteiger partial charge is 0.309 e. The lowest BCUT2D eigenvalue weighted by molar-refractivity contribution is -1.02. The predicted molar refractivity (Wildman–Crippen MR) is 120 cm³/mol. The zero-order valence-electron chi connectivity index (χ0n) is 18.6. The molecule has 0 bridgehead atoms. The van der Waals surface area contributed by atoms with E-state index in [2.05, 4.69) is 51.8 Å². The van der Waals surface area contributed by atoms with Gasteiger partial charge in [-0.05, 0) is 24.3 Å².